The van der Waals surface area contributed by atoms with Crippen LogP contribution in [-0.2, 0) is 7.05 Å². The number of halogens is 1. The summed E-state index contributed by atoms with van der Waals surface area (Å²) in [5, 5.41) is 17.3. The number of carbonyl (C=O) groups is 2. The first kappa shape index (κ1) is 23.9. The third-order valence-corrected chi connectivity index (χ3v) is 7.21. The lowest BCUT2D eigenvalue weighted by atomic mass is 9.58. The van der Waals surface area contributed by atoms with Crippen LogP contribution in [0.5, 0.6) is 5.75 Å². The molecule has 3 heterocycles. The van der Waals surface area contributed by atoms with E-state index in [0.717, 1.165) is 5.39 Å². The van der Waals surface area contributed by atoms with Crippen molar-refractivity contribution in [1.29, 1.82) is 0 Å². The van der Waals surface area contributed by atoms with Gasteiger partial charge in [0.25, 0.3) is 5.91 Å². The molecule has 0 saturated carbocycles. The quantitative estimate of drug-likeness (QED) is 0.563. The van der Waals surface area contributed by atoms with Gasteiger partial charge < -0.3 is 25.0 Å². The van der Waals surface area contributed by atoms with Gasteiger partial charge in [-0.15, -0.1) is 0 Å². The van der Waals surface area contributed by atoms with E-state index in [2.05, 4.69) is 31.2 Å². The SMILES string of the molecule is COc1cc2nn(C)cc2cc1C(=O)Nc1ccc(N2CC3(C2)CN(C(=O)O)C3C(C)(C)C)cc1F. The number of fused-ring (bicyclic) bond motifs is 1. The van der Waals surface area contributed by atoms with Crippen molar-refractivity contribution in [2.45, 2.75) is 26.8 Å². The molecule has 36 heavy (non-hydrogen) atoms. The number of ether oxygens (including phenoxy) is 1. The Labute approximate surface area is 208 Å². The Morgan fingerprint density at radius 3 is 2.53 bits per heavy atom. The molecule has 2 aliphatic heterocycles. The Morgan fingerprint density at radius 2 is 1.92 bits per heavy atom. The Morgan fingerprint density at radius 1 is 1.19 bits per heavy atom. The van der Waals surface area contributed by atoms with Gasteiger partial charge in [-0.05, 0) is 29.7 Å². The highest BCUT2D eigenvalue weighted by atomic mass is 19.1. The van der Waals surface area contributed by atoms with Crippen molar-refractivity contribution in [2.75, 3.05) is 37.0 Å². The summed E-state index contributed by atoms with van der Waals surface area (Å²) in [6, 6.07) is 7.99. The number of carboxylic acid groups (broad SMARTS) is 1. The summed E-state index contributed by atoms with van der Waals surface area (Å²) in [6.45, 7) is 7.96. The molecular formula is C26H30FN5O4. The number of carbonyl (C=O) groups excluding carboxylic acids is 1. The molecule has 5 rings (SSSR count). The molecule has 9 nitrogen and oxygen atoms in total. The average molecular weight is 496 g/mol. The van der Waals surface area contributed by atoms with E-state index in [-0.39, 0.29) is 28.1 Å². The summed E-state index contributed by atoms with van der Waals surface area (Å²) >= 11 is 0. The summed E-state index contributed by atoms with van der Waals surface area (Å²) in [6.07, 6.45) is 0.896. The van der Waals surface area contributed by atoms with Crippen molar-refractivity contribution < 1.29 is 23.8 Å². The van der Waals surface area contributed by atoms with Crippen molar-refractivity contribution in [2.24, 2.45) is 17.9 Å². The van der Waals surface area contributed by atoms with E-state index in [4.69, 9.17) is 4.74 Å². The molecule has 190 valence electrons. The fraction of sp³-hybridized carbons (Fsp3) is 0.423. The van der Waals surface area contributed by atoms with Crippen LogP contribution in [0.3, 0.4) is 0 Å². The maximum atomic E-state index is 15.0. The smallest absolute Gasteiger partial charge is 0.407 e. The Bertz CT molecular complexity index is 1370. The zero-order valence-corrected chi connectivity index (χ0v) is 21.0. The molecule has 2 saturated heterocycles. The van der Waals surface area contributed by atoms with E-state index in [1.54, 1.807) is 42.2 Å². The third-order valence-electron chi connectivity index (χ3n) is 7.21. The highest BCUT2D eigenvalue weighted by Crippen LogP contribution is 2.53. The van der Waals surface area contributed by atoms with Gasteiger partial charge in [0.1, 0.15) is 11.6 Å². The van der Waals surface area contributed by atoms with Crippen molar-refractivity contribution >= 4 is 34.3 Å². The second-order valence-electron chi connectivity index (χ2n) is 10.9. The first-order chi connectivity index (χ1) is 16.9. The van der Waals surface area contributed by atoms with Crippen LogP contribution in [0.2, 0.25) is 0 Å². The lowest BCUT2D eigenvalue weighted by molar-refractivity contribution is -0.121. The minimum Gasteiger partial charge on any atom is -0.496 e. The van der Waals surface area contributed by atoms with Crippen LogP contribution >= 0.6 is 0 Å². The average Bonchev–Trinajstić information content (AvgIpc) is 3.10. The Kier molecular flexibility index (Phi) is 5.38. The van der Waals surface area contributed by atoms with Gasteiger partial charge in [-0.2, -0.15) is 5.10 Å². The zero-order chi connectivity index (χ0) is 26.0. The standard InChI is InChI=1S/C26H30FN5O4/c1-25(2,3)23-26(14-32(23)24(34)35)12-31(13-26)16-6-7-19(18(27)9-16)28-22(33)17-8-15-11-30(4)29-20(15)10-21(17)36-5/h6-11,23H,12-14H2,1-5H3,(H,28,33)(H,34,35). The number of aromatic nitrogens is 2. The third kappa shape index (κ3) is 3.81. The van der Waals surface area contributed by atoms with Gasteiger partial charge in [-0.3, -0.25) is 9.48 Å². The van der Waals surface area contributed by atoms with Crippen LogP contribution in [0.25, 0.3) is 10.9 Å². The summed E-state index contributed by atoms with van der Waals surface area (Å²) < 4.78 is 22.0. The maximum Gasteiger partial charge on any atom is 0.407 e. The number of nitrogens with one attached hydrogen (secondary N) is 1. The minimum absolute atomic E-state index is 0.0700. The molecule has 2 fully saturated rings. The second-order valence-corrected chi connectivity index (χ2v) is 10.9. The van der Waals surface area contributed by atoms with E-state index in [9.17, 15) is 14.7 Å². The van der Waals surface area contributed by atoms with E-state index < -0.39 is 17.8 Å². The maximum absolute atomic E-state index is 15.0. The fourth-order valence-corrected chi connectivity index (χ4v) is 5.98. The van der Waals surface area contributed by atoms with Crippen LogP contribution in [0.1, 0.15) is 31.1 Å². The van der Waals surface area contributed by atoms with Gasteiger partial charge in [-0.1, -0.05) is 20.8 Å². The lowest BCUT2D eigenvalue weighted by Gasteiger charge is -2.68. The zero-order valence-electron chi connectivity index (χ0n) is 21.0. The minimum atomic E-state index is -0.899. The Balaban J connectivity index is 1.30. The van der Waals surface area contributed by atoms with Gasteiger partial charge in [0.05, 0.1) is 29.9 Å². The van der Waals surface area contributed by atoms with Crippen LogP contribution in [0.4, 0.5) is 20.6 Å². The number of aryl methyl sites for hydroxylation is 1. The summed E-state index contributed by atoms with van der Waals surface area (Å²) in [7, 11) is 3.26. The van der Waals surface area contributed by atoms with E-state index in [1.165, 1.54) is 18.1 Å². The largest absolute Gasteiger partial charge is 0.496 e. The van der Waals surface area contributed by atoms with Gasteiger partial charge in [0, 0.05) is 55.4 Å². The molecular weight excluding hydrogens is 465 g/mol. The predicted octanol–water partition coefficient (Wildman–Crippen LogP) is 4.19. The molecule has 10 heteroatoms. The summed E-state index contributed by atoms with van der Waals surface area (Å²) in [4.78, 5) is 28.2. The number of hydrogen-bond donors (Lipinski definition) is 2. The van der Waals surface area contributed by atoms with Crippen molar-refractivity contribution in [3.05, 3.63) is 47.9 Å². The highest BCUT2D eigenvalue weighted by molar-refractivity contribution is 6.08. The molecule has 1 atom stereocenters. The first-order valence-electron chi connectivity index (χ1n) is 11.8. The van der Waals surface area contributed by atoms with E-state index in [1.807, 2.05) is 4.90 Å². The van der Waals surface area contributed by atoms with Crippen molar-refractivity contribution in [3.63, 3.8) is 0 Å². The van der Waals surface area contributed by atoms with E-state index >= 15 is 4.39 Å². The molecule has 0 aliphatic carbocycles. The molecule has 1 aromatic heterocycles. The van der Waals surface area contributed by atoms with Gasteiger partial charge >= 0.3 is 6.09 Å². The predicted molar refractivity (Wildman–Crippen MR) is 134 cm³/mol. The van der Waals surface area contributed by atoms with Gasteiger partial charge in [0.15, 0.2) is 0 Å². The molecule has 3 aromatic rings. The first-order valence-corrected chi connectivity index (χ1v) is 11.8. The van der Waals surface area contributed by atoms with E-state index in [0.29, 0.717) is 36.6 Å². The molecule has 2 N–H and O–H groups in total. The van der Waals surface area contributed by atoms with Crippen LogP contribution in [0.15, 0.2) is 36.5 Å². The highest BCUT2D eigenvalue weighted by Gasteiger charge is 2.64. The molecule has 2 aliphatic rings. The lowest BCUT2D eigenvalue weighted by Crippen LogP contribution is -2.81. The number of amides is 2. The van der Waals surface area contributed by atoms with Crippen LogP contribution in [-0.4, -0.2) is 64.6 Å². The fourth-order valence-electron chi connectivity index (χ4n) is 5.98. The topological polar surface area (TPSA) is 99.9 Å². The number of nitrogens with zero attached hydrogens (tertiary/aromatic N) is 4. The molecule has 1 unspecified atom stereocenters. The molecule has 0 bridgehead atoms. The second kappa shape index (κ2) is 8.11. The van der Waals surface area contributed by atoms with Gasteiger partial charge in [0.2, 0.25) is 0 Å². The molecule has 1 spiro atoms. The van der Waals surface area contributed by atoms with Gasteiger partial charge in [-0.25, -0.2) is 9.18 Å². The van der Waals surface area contributed by atoms with Crippen molar-refractivity contribution in [1.82, 2.24) is 14.7 Å². The number of methoxy groups -OCH3 is 1. The molecule has 2 amide bonds. The van der Waals surface area contributed by atoms with Crippen LogP contribution in [0, 0.1) is 16.6 Å². The number of hydrogen-bond acceptors (Lipinski definition) is 5. The molecule has 0 radical (unpaired) electrons. The number of anilines is 2. The summed E-state index contributed by atoms with van der Waals surface area (Å²) in [5.74, 6) is -0.675. The Hall–Kier alpha value is -3.82. The normalized spacial score (nSPS) is 18.7. The summed E-state index contributed by atoms with van der Waals surface area (Å²) in [5.41, 5.74) is 1.43. The molecule has 2 aromatic carbocycles. The van der Waals surface area contributed by atoms with Crippen LogP contribution < -0.4 is 15.0 Å². The monoisotopic (exact) mass is 495 g/mol. The number of rotatable bonds is 4. The number of likely N-dealkylation sites (tertiary alicyclic amines) is 1. The van der Waals surface area contributed by atoms with Crippen molar-refractivity contribution in [3.8, 4) is 5.75 Å². The number of benzene rings is 2.